The first-order valence-electron chi connectivity index (χ1n) is 6.85. The normalized spacial score (nSPS) is 25.2. The molecule has 1 spiro atoms. The van der Waals surface area contributed by atoms with Crippen LogP contribution in [0, 0.1) is 0 Å². The van der Waals surface area contributed by atoms with Gasteiger partial charge in [0.25, 0.3) is 0 Å². The number of benzene rings is 1. The molecule has 1 atom stereocenters. The van der Waals surface area contributed by atoms with Crippen LogP contribution in [-0.4, -0.2) is 22.5 Å². The topological polar surface area (TPSA) is 69.6 Å². The predicted octanol–water partition coefficient (Wildman–Crippen LogP) is 1.62. The molecule has 4 rings (SSSR count). The van der Waals surface area contributed by atoms with Crippen LogP contribution >= 0.6 is 0 Å². The summed E-state index contributed by atoms with van der Waals surface area (Å²) in [6.45, 7) is 0.865. The fraction of sp³-hybridized carbons (Fsp3) is 0.312. The van der Waals surface area contributed by atoms with E-state index in [0.29, 0.717) is 0 Å². The van der Waals surface area contributed by atoms with Crippen molar-refractivity contribution in [1.82, 2.24) is 5.32 Å². The van der Waals surface area contributed by atoms with Crippen molar-refractivity contribution in [3.63, 3.8) is 0 Å². The van der Waals surface area contributed by atoms with Gasteiger partial charge in [0.1, 0.15) is 0 Å². The molecule has 1 aliphatic heterocycles. The Morgan fingerprint density at radius 2 is 2.00 bits per heavy atom. The zero-order chi connectivity index (χ0) is 13.9. The molecule has 0 unspecified atom stereocenters. The van der Waals surface area contributed by atoms with Crippen molar-refractivity contribution in [3.8, 4) is 11.5 Å². The largest absolute Gasteiger partial charge is 0.504 e. The molecule has 1 heterocycles. The molecule has 4 heteroatoms. The van der Waals surface area contributed by atoms with Crippen LogP contribution < -0.4 is 5.32 Å². The molecule has 0 aromatic heterocycles. The molecule has 0 bridgehead atoms. The number of carbonyl (C=O) groups excluding carboxylic acids is 1. The van der Waals surface area contributed by atoms with Crippen molar-refractivity contribution in [2.24, 2.45) is 0 Å². The fourth-order valence-corrected chi connectivity index (χ4v) is 3.78. The van der Waals surface area contributed by atoms with Crippen LogP contribution in [0.15, 0.2) is 30.4 Å². The van der Waals surface area contributed by atoms with E-state index < -0.39 is 5.41 Å². The third-order valence-corrected chi connectivity index (χ3v) is 4.64. The van der Waals surface area contributed by atoms with E-state index in [4.69, 9.17) is 0 Å². The summed E-state index contributed by atoms with van der Waals surface area (Å²) in [5.74, 6) is -0.165. The van der Waals surface area contributed by atoms with Gasteiger partial charge in [-0.25, -0.2) is 0 Å². The third-order valence-electron chi connectivity index (χ3n) is 4.64. The van der Waals surface area contributed by atoms with E-state index in [1.54, 1.807) is 18.2 Å². The van der Waals surface area contributed by atoms with Crippen LogP contribution in [-0.2, 0) is 16.6 Å². The highest BCUT2D eigenvalue weighted by Gasteiger charge is 2.46. The van der Waals surface area contributed by atoms with E-state index in [1.807, 2.05) is 12.2 Å². The number of carbonyl (C=O) groups is 1. The van der Waals surface area contributed by atoms with Gasteiger partial charge in [0, 0.05) is 17.0 Å². The Morgan fingerprint density at radius 3 is 2.75 bits per heavy atom. The summed E-state index contributed by atoms with van der Waals surface area (Å²) in [5, 5.41) is 23.8. The molecule has 0 radical (unpaired) electrons. The van der Waals surface area contributed by atoms with Crippen molar-refractivity contribution >= 4 is 5.78 Å². The Kier molecular flexibility index (Phi) is 2.19. The number of phenolic OH excluding ortho intramolecular Hbond substituents is 2. The zero-order valence-corrected chi connectivity index (χ0v) is 10.9. The minimum Gasteiger partial charge on any atom is -0.504 e. The van der Waals surface area contributed by atoms with Gasteiger partial charge in [-0.15, -0.1) is 0 Å². The lowest BCUT2D eigenvalue weighted by atomic mass is 9.77. The second kappa shape index (κ2) is 3.73. The summed E-state index contributed by atoms with van der Waals surface area (Å²) in [4.78, 5) is 11.4. The molecule has 1 aromatic rings. The van der Waals surface area contributed by atoms with Gasteiger partial charge in [-0.05, 0) is 48.7 Å². The van der Waals surface area contributed by atoms with Crippen LogP contribution in [0.1, 0.15) is 29.2 Å². The van der Waals surface area contributed by atoms with E-state index in [0.717, 1.165) is 36.1 Å². The lowest BCUT2D eigenvalue weighted by Crippen LogP contribution is -2.28. The van der Waals surface area contributed by atoms with E-state index in [2.05, 4.69) is 5.32 Å². The van der Waals surface area contributed by atoms with Crippen LogP contribution in [0.2, 0.25) is 0 Å². The minimum atomic E-state index is -0.483. The maximum atomic E-state index is 11.4. The SMILES string of the molecule is O=C1C=CC2(C=C1)C[C@H]1NCCc3cc(O)c(O)c2c31. The Labute approximate surface area is 116 Å². The van der Waals surface area contributed by atoms with Gasteiger partial charge in [-0.3, -0.25) is 4.79 Å². The number of hydrogen-bond acceptors (Lipinski definition) is 4. The number of rotatable bonds is 0. The predicted molar refractivity (Wildman–Crippen MR) is 73.8 cm³/mol. The lowest BCUT2D eigenvalue weighted by Gasteiger charge is -2.25. The monoisotopic (exact) mass is 269 g/mol. The summed E-state index contributed by atoms with van der Waals surface area (Å²) in [6.07, 6.45) is 8.41. The molecule has 102 valence electrons. The van der Waals surface area contributed by atoms with E-state index in [1.165, 1.54) is 0 Å². The third kappa shape index (κ3) is 1.37. The molecule has 3 N–H and O–H groups in total. The molecule has 0 saturated carbocycles. The Morgan fingerprint density at radius 1 is 1.25 bits per heavy atom. The first-order valence-corrected chi connectivity index (χ1v) is 6.85. The summed E-state index contributed by atoms with van der Waals surface area (Å²) in [5.41, 5.74) is 2.46. The number of phenols is 2. The summed E-state index contributed by atoms with van der Waals surface area (Å²) in [6, 6.07) is 1.84. The van der Waals surface area contributed by atoms with Crippen molar-refractivity contribution in [2.75, 3.05) is 6.54 Å². The van der Waals surface area contributed by atoms with Gasteiger partial charge in [-0.1, -0.05) is 12.2 Å². The smallest absolute Gasteiger partial charge is 0.178 e. The fourth-order valence-electron chi connectivity index (χ4n) is 3.78. The van der Waals surface area contributed by atoms with Crippen molar-refractivity contribution in [3.05, 3.63) is 47.1 Å². The molecule has 3 aliphatic rings. The Bertz CT molecular complexity index is 671. The summed E-state index contributed by atoms with van der Waals surface area (Å²) in [7, 11) is 0. The van der Waals surface area contributed by atoms with Gasteiger partial charge in [-0.2, -0.15) is 0 Å². The number of fused-ring (bicyclic) bond motifs is 1. The van der Waals surface area contributed by atoms with E-state index >= 15 is 0 Å². The number of hydrogen-bond donors (Lipinski definition) is 3. The molecule has 0 fully saturated rings. The second-order valence-corrected chi connectivity index (χ2v) is 5.76. The molecule has 1 aromatic carbocycles. The highest BCUT2D eigenvalue weighted by molar-refractivity contribution is 6.01. The lowest BCUT2D eigenvalue weighted by molar-refractivity contribution is -0.110. The van der Waals surface area contributed by atoms with Gasteiger partial charge >= 0.3 is 0 Å². The number of ketones is 1. The Balaban J connectivity index is 2.01. The van der Waals surface area contributed by atoms with Crippen LogP contribution in [0.3, 0.4) is 0 Å². The van der Waals surface area contributed by atoms with Gasteiger partial charge in [0.15, 0.2) is 17.3 Å². The second-order valence-electron chi connectivity index (χ2n) is 5.76. The molecule has 0 amide bonds. The number of aromatic hydroxyl groups is 2. The van der Waals surface area contributed by atoms with Crippen molar-refractivity contribution in [1.29, 1.82) is 0 Å². The van der Waals surface area contributed by atoms with Gasteiger partial charge < -0.3 is 15.5 Å². The highest BCUT2D eigenvalue weighted by atomic mass is 16.3. The van der Waals surface area contributed by atoms with Crippen LogP contribution in [0.25, 0.3) is 0 Å². The maximum absolute atomic E-state index is 11.4. The first kappa shape index (κ1) is 11.7. The van der Waals surface area contributed by atoms with Crippen molar-refractivity contribution in [2.45, 2.75) is 24.3 Å². The number of nitrogens with one attached hydrogen (secondary N) is 1. The average molecular weight is 269 g/mol. The van der Waals surface area contributed by atoms with Crippen LogP contribution in [0.4, 0.5) is 0 Å². The molecular weight excluding hydrogens is 254 g/mol. The molecule has 0 saturated heterocycles. The summed E-state index contributed by atoms with van der Waals surface area (Å²) < 4.78 is 0. The highest BCUT2D eigenvalue weighted by Crippen LogP contribution is 2.55. The standard InChI is InChI=1S/C16H15NO3/c18-10-1-4-16(5-2-10)8-11-13-9(3-6-17-11)7-12(19)15(20)14(13)16/h1-2,4-5,7,11,17,19-20H,3,6,8H2/t11-/m1/s1. The van der Waals surface area contributed by atoms with E-state index in [9.17, 15) is 15.0 Å². The van der Waals surface area contributed by atoms with Gasteiger partial charge in [0.05, 0.1) is 0 Å². The molecular formula is C16H15NO3. The molecule has 2 aliphatic carbocycles. The summed E-state index contributed by atoms with van der Waals surface area (Å²) >= 11 is 0. The number of allylic oxidation sites excluding steroid dienone is 4. The zero-order valence-electron chi connectivity index (χ0n) is 10.9. The molecule has 20 heavy (non-hydrogen) atoms. The quantitative estimate of drug-likeness (QED) is 0.626. The van der Waals surface area contributed by atoms with E-state index in [-0.39, 0.29) is 23.3 Å². The van der Waals surface area contributed by atoms with Crippen LogP contribution in [0.5, 0.6) is 11.5 Å². The maximum Gasteiger partial charge on any atom is 0.178 e. The minimum absolute atomic E-state index is 0.0386. The first-order chi connectivity index (χ1) is 9.61. The average Bonchev–Trinajstić information content (AvgIpc) is 2.75. The van der Waals surface area contributed by atoms with Crippen molar-refractivity contribution < 1.29 is 15.0 Å². The Hall–Kier alpha value is -2.07. The molecule has 4 nitrogen and oxygen atoms in total. The van der Waals surface area contributed by atoms with Gasteiger partial charge in [0.2, 0.25) is 0 Å².